The van der Waals surface area contributed by atoms with Crippen molar-refractivity contribution >= 4 is 17.5 Å². The van der Waals surface area contributed by atoms with Gasteiger partial charge in [-0.05, 0) is 30.5 Å². The number of halogens is 1. The average Bonchev–Trinajstić information content (AvgIpc) is 3.01. The lowest BCUT2D eigenvalue weighted by atomic mass is 9.89. The molecule has 24 heavy (non-hydrogen) atoms. The van der Waals surface area contributed by atoms with Crippen molar-refractivity contribution < 1.29 is 9.90 Å². The molecule has 6 heteroatoms. The zero-order valence-corrected chi connectivity index (χ0v) is 14.7. The van der Waals surface area contributed by atoms with Gasteiger partial charge in [0.05, 0.1) is 12.0 Å². The highest BCUT2D eigenvalue weighted by Crippen LogP contribution is 2.46. The van der Waals surface area contributed by atoms with Crippen LogP contribution < -0.4 is 5.43 Å². The zero-order valence-electron chi connectivity index (χ0n) is 13.9. The number of amides is 1. The van der Waals surface area contributed by atoms with Gasteiger partial charge in [0.1, 0.15) is 0 Å². The van der Waals surface area contributed by atoms with E-state index in [1.165, 1.54) is 19.3 Å². The number of hydrogen-bond acceptors (Lipinski definition) is 4. The molecule has 1 aromatic rings. The Kier molecular flexibility index (Phi) is 4.07. The van der Waals surface area contributed by atoms with Gasteiger partial charge in [0.15, 0.2) is 0 Å². The number of likely N-dealkylation sites (tertiary alicyclic amines) is 1. The summed E-state index contributed by atoms with van der Waals surface area (Å²) in [6.07, 6.45) is 5.70. The van der Waals surface area contributed by atoms with Crippen molar-refractivity contribution in [2.24, 2.45) is 5.92 Å². The summed E-state index contributed by atoms with van der Waals surface area (Å²) in [7, 11) is 1.76. The van der Waals surface area contributed by atoms with Crippen LogP contribution in [0.5, 0.6) is 0 Å². The van der Waals surface area contributed by atoms with E-state index < -0.39 is 5.72 Å². The van der Waals surface area contributed by atoms with Crippen LogP contribution in [0.3, 0.4) is 0 Å². The Morgan fingerprint density at radius 1 is 1.21 bits per heavy atom. The Morgan fingerprint density at radius 3 is 2.54 bits per heavy atom. The first-order valence-corrected chi connectivity index (χ1v) is 9.18. The van der Waals surface area contributed by atoms with E-state index in [0.29, 0.717) is 11.6 Å². The maximum Gasteiger partial charge on any atom is 0.272 e. The summed E-state index contributed by atoms with van der Waals surface area (Å²) in [6.45, 7) is 0.602. The Labute approximate surface area is 147 Å². The van der Waals surface area contributed by atoms with Crippen LogP contribution in [0, 0.1) is 5.92 Å². The molecular weight excluding hydrogens is 326 g/mol. The lowest BCUT2D eigenvalue weighted by molar-refractivity contribution is -0.164. The molecule has 2 heterocycles. The Morgan fingerprint density at radius 2 is 1.88 bits per heavy atom. The van der Waals surface area contributed by atoms with E-state index in [0.717, 1.165) is 18.4 Å². The van der Waals surface area contributed by atoms with Crippen molar-refractivity contribution in [1.82, 2.24) is 15.3 Å². The highest BCUT2D eigenvalue weighted by Gasteiger charge is 2.64. The van der Waals surface area contributed by atoms with Gasteiger partial charge in [-0.25, -0.2) is 10.4 Å². The summed E-state index contributed by atoms with van der Waals surface area (Å²) < 4.78 is 0. The predicted molar refractivity (Wildman–Crippen MR) is 92.1 cm³/mol. The number of benzene rings is 1. The first kappa shape index (κ1) is 16.3. The van der Waals surface area contributed by atoms with E-state index in [4.69, 9.17) is 11.6 Å². The molecule has 4 rings (SSSR count). The van der Waals surface area contributed by atoms with Gasteiger partial charge in [0.25, 0.3) is 5.91 Å². The fraction of sp³-hybridized carbons (Fsp3) is 0.611. The van der Waals surface area contributed by atoms with Crippen LogP contribution in [-0.4, -0.2) is 46.3 Å². The van der Waals surface area contributed by atoms with Gasteiger partial charge in [-0.3, -0.25) is 4.79 Å². The average molecular weight is 350 g/mol. The number of nitrogens with one attached hydrogen (secondary N) is 1. The standard InChI is InChI=1S/C18H24ClN3O2/c1-21-18(24)15(16(20-21)12-7-9-13(19)10-8-12)11-22(17(18)23)14-5-3-2-4-6-14/h7-10,14-16,20,24H,2-6,11H2,1H3/t15-,16+,18+/m0/s1. The molecule has 130 valence electrons. The topological polar surface area (TPSA) is 55.8 Å². The highest BCUT2D eigenvalue weighted by atomic mass is 35.5. The number of nitrogens with zero attached hydrogens (tertiary/aromatic N) is 2. The quantitative estimate of drug-likeness (QED) is 0.860. The van der Waals surface area contributed by atoms with Crippen LogP contribution in [0.1, 0.15) is 43.7 Å². The second-order valence-corrected chi connectivity index (χ2v) is 7.74. The molecule has 3 fully saturated rings. The van der Waals surface area contributed by atoms with Crippen LogP contribution in [0.15, 0.2) is 24.3 Å². The number of carbonyl (C=O) groups is 1. The smallest absolute Gasteiger partial charge is 0.272 e. The molecule has 0 bridgehead atoms. The molecule has 1 aromatic carbocycles. The molecule has 2 N–H and O–H groups in total. The van der Waals surface area contributed by atoms with Gasteiger partial charge in [-0.2, -0.15) is 0 Å². The van der Waals surface area contributed by atoms with E-state index in [1.54, 1.807) is 12.1 Å². The zero-order chi connectivity index (χ0) is 16.9. The Balaban J connectivity index is 1.63. The Bertz CT molecular complexity index is 632. The summed E-state index contributed by atoms with van der Waals surface area (Å²) >= 11 is 5.99. The van der Waals surface area contributed by atoms with Crippen molar-refractivity contribution in [3.63, 3.8) is 0 Å². The molecule has 3 atom stereocenters. The Hall–Kier alpha value is -1.14. The second kappa shape index (κ2) is 5.99. The summed E-state index contributed by atoms with van der Waals surface area (Å²) in [6, 6.07) is 7.83. The van der Waals surface area contributed by atoms with Crippen LogP contribution in [-0.2, 0) is 4.79 Å². The summed E-state index contributed by atoms with van der Waals surface area (Å²) in [4.78, 5) is 15.0. The summed E-state index contributed by atoms with van der Waals surface area (Å²) in [5.74, 6) is -0.330. The number of aliphatic hydroxyl groups is 1. The van der Waals surface area contributed by atoms with Gasteiger partial charge in [-0.15, -0.1) is 0 Å². The lowest BCUT2D eigenvalue weighted by Gasteiger charge is -2.34. The van der Waals surface area contributed by atoms with Crippen molar-refractivity contribution in [3.8, 4) is 0 Å². The second-order valence-electron chi connectivity index (χ2n) is 7.30. The minimum atomic E-state index is -1.46. The van der Waals surface area contributed by atoms with Gasteiger partial charge in [-0.1, -0.05) is 43.0 Å². The third-order valence-corrected chi connectivity index (χ3v) is 6.23. The molecule has 0 spiro atoms. The molecule has 5 nitrogen and oxygen atoms in total. The fourth-order valence-corrected chi connectivity index (χ4v) is 4.73. The maximum absolute atomic E-state index is 13.0. The minimum absolute atomic E-state index is 0.0881. The molecule has 2 saturated heterocycles. The lowest BCUT2D eigenvalue weighted by Crippen LogP contribution is -2.55. The predicted octanol–water partition coefficient (Wildman–Crippen LogP) is 2.31. The van der Waals surface area contributed by atoms with E-state index >= 15 is 0 Å². The third kappa shape index (κ3) is 2.37. The third-order valence-electron chi connectivity index (χ3n) is 5.98. The van der Waals surface area contributed by atoms with Crippen molar-refractivity contribution in [2.75, 3.05) is 13.6 Å². The van der Waals surface area contributed by atoms with Crippen molar-refractivity contribution in [3.05, 3.63) is 34.9 Å². The van der Waals surface area contributed by atoms with E-state index in [2.05, 4.69) is 5.43 Å². The molecular formula is C18H24ClN3O2. The minimum Gasteiger partial charge on any atom is -0.366 e. The number of carbonyl (C=O) groups excluding carboxylic acids is 1. The van der Waals surface area contributed by atoms with E-state index in [1.807, 2.05) is 29.2 Å². The number of rotatable bonds is 2. The molecule has 0 aromatic heterocycles. The molecule has 0 unspecified atom stereocenters. The van der Waals surface area contributed by atoms with Crippen LogP contribution in [0.2, 0.25) is 5.02 Å². The van der Waals surface area contributed by atoms with Crippen molar-refractivity contribution in [1.29, 1.82) is 0 Å². The summed E-state index contributed by atoms with van der Waals surface area (Å²) in [5, 5.41) is 13.5. The van der Waals surface area contributed by atoms with E-state index in [9.17, 15) is 9.90 Å². The van der Waals surface area contributed by atoms with Gasteiger partial charge in [0, 0.05) is 24.7 Å². The highest BCUT2D eigenvalue weighted by molar-refractivity contribution is 6.30. The number of likely N-dealkylation sites (N-methyl/N-ethyl adjacent to an activating group) is 1. The summed E-state index contributed by atoms with van der Waals surface area (Å²) in [5.41, 5.74) is 2.87. The molecule has 1 amide bonds. The monoisotopic (exact) mass is 349 g/mol. The number of fused-ring (bicyclic) bond motifs is 1. The first-order chi connectivity index (χ1) is 11.5. The molecule has 3 aliphatic rings. The van der Waals surface area contributed by atoms with Crippen LogP contribution in [0.25, 0.3) is 0 Å². The van der Waals surface area contributed by atoms with Crippen molar-refractivity contribution in [2.45, 2.75) is 49.9 Å². The van der Waals surface area contributed by atoms with Crippen LogP contribution >= 0.6 is 11.6 Å². The number of hydrogen-bond donors (Lipinski definition) is 2. The normalized spacial score (nSPS) is 34.8. The SMILES string of the molecule is CN1N[C@H](c2ccc(Cl)cc2)[C@@H]2CN(C3CCCCC3)C(=O)[C@]21O. The first-order valence-electron chi connectivity index (χ1n) is 8.80. The van der Waals surface area contributed by atoms with Gasteiger partial charge < -0.3 is 10.0 Å². The molecule has 1 aliphatic carbocycles. The molecule has 1 saturated carbocycles. The van der Waals surface area contributed by atoms with Crippen LogP contribution in [0.4, 0.5) is 0 Å². The molecule has 2 aliphatic heterocycles. The van der Waals surface area contributed by atoms with Gasteiger partial charge in [0.2, 0.25) is 5.72 Å². The maximum atomic E-state index is 13.0. The van der Waals surface area contributed by atoms with E-state index in [-0.39, 0.29) is 23.9 Å². The van der Waals surface area contributed by atoms with Gasteiger partial charge >= 0.3 is 0 Å². The number of hydrazine groups is 1. The molecule has 0 radical (unpaired) electrons. The largest absolute Gasteiger partial charge is 0.366 e. The fourth-order valence-electron chi connectivity index (χ4n) is 4.60.